The van der Waals surface area contributed by atoms with Gasteiger partial charge in [-0.2, -0.15) is 0 Å². The number of halogens is 2. The van der Waals surface area contributed by atoms with Crippen molar-refractivity contribution in [1.29, 1.82) is 0 Å². The van der Waals surface area contributed by atoms with Crippen molar-refractivity contribution in [2.75, 3.05) is 0 Å². The molecule has 0 heterocycles. The molecular formula is C11H12Br2N2O2S2. The Bertz CT molecular complexity index is 615. The predicted molar refractivity (Wildman–Crippen MR) is 85.5 cm³/mol. The highest BCUT2D eigenvalue weighted by Gasteiger charge is 2.36. The molecule has 0 saturated heterocycles. The standard InChI is InChI=1S/C11H12Br2N2O2S2/c12-7-3-4-8(13)9(5-7)19(16,17)15-10(11(14)18)6-1-2-6/h3-6,10,15H,1-2H2,(H2,14,18). The van der Waals surface area contributed by atoms with Crippen molar-refractivity contribution in [3.8, 4) is 0 Å². The lowest BCUT2D eigenvalue weighted by Crippen LogP contribution is -2.44. The van der Waals surface area contributed by atoms with Gasteiger partial charge < -0.3 is 5.73 Å². The maximum Gasteiger partial charge on any atom is 0.242 e. The third kappa shape index (κ3) is 3.75. The molecule has 0 bridgehead atoms. The van der Waals surface area contributed by atoms with Gasteiger partial charge >= 0.3 is 0 Å². The van der Waals surface area contributed by atoms with Crippen LogP contribution in [0.2, 0.25) is 0 Å². The van der Waals surface area contributed by atoms with Gasteiger partial charge in [0.05, 0.1) is 15.9 Å². The highest BCUT2D eigenvalue weighted by atomic mass is 79.9. The number of benzene rings is 1. The first-order valence-corrected chi connectivity index (χ1v) is 9.05. The monoisotopic (exact) mass is 426 g/mol. The summed E-state index contributed by atoms with van der Waals surface area (Å²) in [5.41, 5.74) is 5.61. The van der Waals surface area contributed by atoms with Crippen LogP contribution < -0.4 is 10.5 Å². The van der Waals surface area contributed by atoms with Crippen molar-refractivity contribution >= 4 is 59.1 Å². The second kappa shape index (κ2) is 5.77. The highest BCUT2D eigenvalue weighted by Crippen LogP contribution is 2.34. The number of thiocarbonyl (C=S) groups is 1. The van der Waals surface area contributed by atoms with Gasteiger partial charge in [0, 0.05) is 8.95 Å². The zero-order valence-electron chi connectivity index (χ0n) is 9.77. The molecule has 1 aliphatic rings. The molecule has 0 aromatic heterocycles. The largest absolute Gasteiger partial charge is 0.392 e. The molecule has 3 N–H and O–H groups in total. The van der Waals surface area contributed by atoms with Gasteiger partial charge in [0.25, 0.3) is 0 Å². The van der Waals surface area contributed by atoms with E-state index < -0.39 is 16.1 Å². The normalized spacial score (nSPS) is 17.2. The molecule has 0 spiro atoms. The molecular weight excluding hydrogens is 416 g/mol. The Hall–Kier alpha value is -0.0200. The second-order valence-corrected chi connectivity index (χ2v) is 8.34. The Morgan fingerprint density at radius 3 is 2.58 bits per heavy atom. The van der Waals surface area contributed by atoms with E-state index in [0.717, 1.165) is 12.8 Å². The number of sulfonamides is 1. The minimum Gasteiger partial charge on any atom is -0.392 e. The molecule has 1 aromatic carbocycles. The minimum absolute atomic E-state index is 0.170. The van der Waals surface area contributed by atoms with Gasteiger partial charge in [-0.05, 0) is 52.9 Å². The van der Waals surface area contributed by atoms with E-state index in [4.69, 9.17) is 18.0 Å². The van der Waals surface area contributed by atoms with Crippen molar-refractivity contribution in [2.24, 2.45) is 11.7 Å². The topological polar surface area (TPSA) is 72.2 Å². The molecule has 104 valence electrons. The van der Waals surface area contributed by atoms with Crippen molar-refractivity contribution in [2.45, 2.75) is 23.8 Å². The van der Waals surface area contributed by atoms with Gasteiger partial charge in [0.1, 0.15) is 0 Å². The quantitative estimate of drug-likeness (QED) is 0.708. The number of nitrogens with two attached hydrogens (primary N) is 1. The van der Waals surface area contributed by atoms with Crippen LogP contribution in [-0.4, -0.2) is 19.4 Å². The summed E-state index contributed by atoms with van der Waals surface area (Å²) in [7, 11) is -3.66. The van der Waals surface area contributed by atoms with Crippen molar-refractivity contribution in [3.63, 3.8) is 0 Å². The summed E-state index contributed by atoms with van der Waals surface area (Å²) in [5.74, 6) is 0.221. The molecule has 0 radical (unpaired) electrons. The molecule has 1 saturated carbocycles. The number of hydrogen-bond donors (Lipinski definition) is 2. The van der Waals surface area contributed by atoms with Gasteiger partial charge in [0.15, 0.2) is 0 Å². The molecule has 1 atom stereocenters. The van der Waals surface area contributed by atoms with Crippen LogP contribution in [0, 0.1) is 5.92 Å². The Morgan fingerprint density at radius 1 is 1.42 bits per heavy atom. The Balaban J connectivity index is 2.31. The lowest BCUT2D eigenvalue weighted by Gasteiger charge is -2.17. The minimum atomic E-state index is -3.66. The Morgan fingerprint density at radius 2 is 2.05 bits per heavy atom. The van der Waals surface area contributed by atoms with Crippen molar-refractivity contribution < 1.29 is 8.42 Å². The highest BCUT2D eigenvalue weighted by molar-refractivity contribution is 9.11. The SMILES string of the molecule is NC(=S)C(NS(=O)(=O)c1cc(Br)ccc1Br)C1CC1. The van der Waals surface area contributed by atoms with Gasteiger partial charge in [-0.3, -0.25) is 0 Å². The number of rotatable bonds is 5. The van der Waals surface area contributed by atoms with Gasteiger partial charge in [-0.1, -0.05) is 28.1 Å². The first-order chi connectivity index (χ1) is 8.81. The summed E-state index contributed by atoms with van der Waals surface area (Å²) in [5, 5.41) is 0. The molecule has 1 fully saturated rings. The Kier molecular flexibility index (Phi) is 4.67. The molecule has 1 aromatic rings. The smallest absolute Gasteiger partial charge is 0.242 e. The summed E-state index contributed by atoms with van der Waals surface area (Å²) in [6, 6.07) is 4.50. The van der Waals surface area contributed by atoms with E-state index in [2.05, 4.69) is 36.6 Å². The summed E-state index contributed by atoms with van der Waals surface area (Å²) < 4.78 is 28.5. The van der Waals surface area contributed by atoms with E-state index in [0.29, 0.717) is 8.95 Å². The van der Waals surface area contributed by atoms with Crippen LogP contribution in [-0.2, 0) is 10.0 Å². The van der Waals surface area contributed by atoms with E-state index >= 15 is 0 Å². The van der Waals surface area contributed by atoms with E-state index in [1.165, 1.54) is 6.07 Å². The lowest BCUT2D eigenvalue weighted by molar-refractivity contribution is 0.564. The average Bonchev–Trinajstić information content (AvgIpc) is 3.13. The van der Waals surface area contributed by atoms with Crippen molar-refractivity contribution in [1.82, 2.24) is 4.72 Å². The summed E-state index contributed by atoms with van der Waals surface area (Å²) in [6.45, 7) is 0. The van der Waals surface area contributed by atoms with Crippen LogP contribution in [0.25, 0.3) is 0 Å². The number of nitrogens with one attached hydrogen (secondary N) is 1. The van der Waals surface area contributed by atoms with Crippen molar-refractivity contribution in [3.05, 3.63) is 27.1 Å². The molecule has 1 unspecified atom stereocenters. The van der Waals surface area contributed by atoms with Crippen LogP contribution in [0.4, 0.5) is 0 Å². The maximum absolute atomic E-state index is 12.4. The van der Waals surface area contributed by atoms with E-state index in [9.17, 15) is 8.42 Å². The van der Waals surface area contributed by atoms with E-state index in [-0.39, 0.29) is 15.8 Å². The van der Waals surface area contributed by atoms with Gasteiger partial charge in [0.2, 0.25) is 10.0 Å². The summed E-state index contributed by atoms with van der Waals surface area (Å²) >= 11 is 11.4. The fourth-order valence-corrected chi connectivity index (χ4v) is 4.84. The fraction of sp³-hybridized carbons (Fsp3) is 0.364. The Labute approximate surface area is 134 Å². The summed E-state index contributed by atoms with van der Waals surface area (Å²) in [6.07, 6.45) is 1.90. The maximum atomic E-state index is 12.4. The second-order valence-electron chi connectivity index (χ2n) is 4.41. The first-order valence-electron chi connectivity index (χ1n) is 5.58. The van der Waals surface area contributed by atoms with Crippen LogP contribution in [0.5, 0.6) is 0 Å². The third-order valence-corrected chi connectivity index (χ3v) is 6.05. The third-order valence-electron chi connectivity index (χ3n) is 2.86. The van der Waals surface area contributed by atoms with E-state index in [1.54, 1.807) is 12.1 Å². The number of hydrogen-bond acceptors (Lipinski definition) is 3. The van der Waals surface area contributed by atoms with Crippen LogP contribution in [0.15, 0.2) is 32.0 Å². The molecule has 2 rings (SSSR count). The van der Waals surface area contributed by atoms with E-state index in [1.807, 2.05) is 0 Å². The first kappa shape index (κ1) is 15.4. The lowest BCUT2D eigenvalue weighted by atomic mass is 10.2. The zero-order chi connectivity index (χ0) is 14.2. The molecule has 19 heavy (non-hydrogen) atoms. The van der Waals surface area contributed by atoms with Gasteiger partial charge in [-0.25, -0.2) is 13.1 Å². The molecule has 4 nitrogen and oxygen atoms in total. The van der Waals surface area contributed by atoms with Crippen LogP contribution >= 0.6 is 44.1 Å². The fourth-order valence-electron chi connectivity index (χ4n) is 1.73. The molecule has 0 aliphatic heterocycles. The zero-order valence-corrected chi connectivity index (χ0v) is 14.6. The van der Waals surface area contributed by atoms with Crippen LogP contribution in [0.3, 0.4) is 0 Å². The molecule has 8 heteroatoms. The molecule has 1 aliphatic carbocycles. The predicted octanol–water partition coefficient (Wildman–Crippen LogP) is 2.55. The van der Waals surface area contributed by atoms with Crippen LogP contribution in [0.1, 0.15) is 12.8 Å². The average molecular weight is 428 g/mol. The summed E-state index contributed by atoms with van der Waals surface area (Å²) in [4.78, 5) is 0.362. The van der Waals surface area contributed by atoms with Gasteiger partial charge in [-0.15, -0.1) is 0 Å². The molecule has 0 amide bonds.